The molecule has 12 heavy (non-hydrogen) atoms. The summed E-state index contributed by atoms with van der Waals surface area (Å²) in [6.07, 6.45) is 2.37. The van der Waals surface area contributed by atoms with Gasteiger partial charge in [0.2, 0.25) is 0 Å². The monoisotopic (exact) mass is 168 g/mol. The van der Waals surface area contributed by atoms with Gasteiger partial charge in [-0.25, -0.2) is 4.98 Å². The van der Waals surface area contributed by atoms with Crippen LogP contribution in [0, 0.1) is 0 Å². The molecule has 1 atom stereocenters. The third kappa shape index (κ3) is 1.33. The molecular formula is C7H12N4O. The lowest BCUT2D eigenvalue weighted by Crippen LogP contribution is -2.16. The standard InChI is InChI=1S/C7H12N4O/c8-5(3-12)7-9-6(10-11-7)4-1-2-4/h4-5,12H,1-3,8H2,(H,9,10,11)/t5-/m1/s1. The van der Waals surface area contributed by atoms with Crippen LogP contribution in [0.15, 0.2) is 0 Å². The van der Waals surface area contributed by atoms with Gasteiger partial charge in [-0.3, -0.25) is 5.10 Å². The van der Waals surface area contributed by atoms with Crippen molar-refractivity contribution in [3.8, 4) is 0 Å². The average molecular weight is 168 g/mol. The van der Waals surface area contributed by atoms with Crippen LogP contribution in [0.5, 0.6) is 0 Å². The Labute approximate surface area is 70.0 Å². The molecule has 0 unspecified atom stereocenters. The lowest BCUT2D eigenvalue weighted by Gasteiger charge is -1.99. The molecule has 0 bridgehead atoms. The van der Waals surface area contributed by atoms with Crippen molar-refractivity contribution in [2.75, 3.05) is 6.61 Å². The second-order valence-electron chi connectivity index (χ2n) is 3.14. The van der Waals surface area contributed by atoms with Crippen LogP contribution in [0.1, 0.15) is 36.5 Å². The molecule has 1 aromatic heterocycles. The maximum atomic E-state index is 8.73. The van der Waals surface area contributed by atoms with Gasteiger partial charge < -0.3 is 10.8 Å². The summed E-state index contributed by atoms with van der Waals surface area (Å²) in [5.74, 6) is 1.98. The number of H-pyrrole nitrogens is 1. The van der Waals surface area contributed by atoms with E-state index in [2.05, 4.69) is 15.2 Å². The van der Waals surface area contributed by atoms with Crippen molar-refractivity contribution in [1.29, 1.82) is 0 Å². The minimum Gasteiger partial charge on any atom is -0.394 e. The Morgan fingerprint density at radius 1 is 1.67 bits per heavy atom. The van der Waals surface area contributed by atoms with Crippen LogP contribution >= 0.6 is 0 Å². The Kier molecular flexibility index (Phi) is 1.82. The third-order valence-corrected chi connectivity index (χ3v) is 2.01. The Morgan fingerprint density at radius 2 is 2.42 bits per heavy atom. The molecule has 2 rings (SSSR count). The number of aromatic amines is 1. The zero-order valence-corrected chi connectivity index (χ0v) is 6.70. The Hall–Kier alpha value is -0.940. The lowest BCUT2D eigenvalue weighted by molar-refractivity contribution is 0.263. The molecule has 66 valence electrons. The molecule has 1 aliphatic carbocycles. The van der Waals surface area contributed by atoms with Gasteiger partial charge in [-0.15, -0.1) is 0 Å². The van der Waals surface area contributed by atoms with Gasteiger partial charge in [0.15, 0.2) is 5.82 Å². The Bertz CT molecular complexity index is 268. The molecule has 0 saturated heterocycles. The summed E-state index contributed by atoms with van der Waals surface area (Å²) in [6, 6.07) is -0.450. The number of nitrogens with one attached hydrogen (secondary N) is 1. The molecule has 4 N–H and O–H groups in total. The second kappa shape index (κ2) is 2.84. The highest BCUT2D eigenvalue weighted by Gasteiger charge is 2.27. The van der Waals surface area contributed by atoms with Crippen LogP contribution in [0.2, 0.25) is 0 Å². The topological polar surface area (TPSA) is 87.8 Å². The molecule has 0 aromatic carbocycles. The molecule has 1 aliphatic rings. The number of aromatic nitrogens is 3. The minimum atomic E-state index is -0.450. The average Bonchev–Trinajstić information content (AvgIpc) is 2.83. The zero-order valence-electron chi connectivity index (χ0n) is 6.70. The normalized spacial score (nSPS) is 19.5. The van der Waals surface area contributed by atoms with E-state index in [1.165, 1.54) is 12.8 Å². The summed E-state index contributed by atoms with van der Waals surface area (Å²) in [5.41, 5.74) is 5.53. The molecule has 1 fully saturated rings. The molecule has 1 saturated carbocycles. The van der Waals surface area contributed by atoms with Gasteiger partial charge in [0.1, 0.15) is 5.82 Å². The maximum Gasteiger partial charge on any atom is 0.169 e. The van der Waals surface area contributed by atoms with Crippen LogP contribution in [0.3, 0.4) is 0 Å². The first-order valence-electron chi connectivity index (χ1n) is 4.10. The number of hydrogen-bond acceptors (Lipinski definition) is 4. The SMILES string of the molecule is N[C@H](CO)c1n[nH]c(C2CC2)n1. The highest BCUT2D eigenvalue weighted by molar-refractivity contribution is 5.06. The van der Waals surface area contributed by atoms with E-state index in [9.17, 15) is 0 Å². The van der Waals surface area contributed by atoms with Crippen LogP contribution in [-0.4, -0.2) is 26.9 Å². The van der Waals surface area contributed by atoms with E-state index < -0.39 is 6.04 Å². The van der Waals surface area contributed by atoms with Crippen molar-refractivity contribution in [1.82, 2.24) is 15.2 Å². The van der Waals surface area contributed by atoms with Crippen LogP contribution in [0.4, 0.5) is 0 Å². The fraction of sp³-hybridized carbons (Fsp3) is 0.714. The fourth-order valence-electron chi connectivity index (χ4n) is 1.07. The van der Waals surface area contributed by atoms with E-state index in [-0.39, 0.29) is 6.61 Å². The van der Waals surface area contributed by atoms with Crippen molar-refractivity contribution in [3.63, 3.8) is 0 Å². The smallest absolute Gasteiger partial charge is 0.169 e. The molecule has 0 spiro atoms. The summed E-state index contributed by atoms with van der Waals surface area (Å²) in [6.45, 7) is -0.109. The van der Waals surface area contributed by atoms with E-state index in [0.29, 0.717) is 11.7 Å². The fourth-order valence-corrected chi connectivity index (χ4v) is 1.07. The number of nitrogens with two attached hydrogens (primary N) is 1. The van der Waals surface area contributed by atoms with E-state index in [1.54, 1.807) is 0 Å². The summed E-state index contributed by atoms with van der Waals surface area (Å²) in [5, 5.41) is 15.5. The van der Waals surface area contributed by atoms with Gasteiger partial charge in [-0.05, 0) is 12.8 Å². The number of aliphatic hydroxyl groups excluding tert-OH is 1. The molecular weight excluding hydrogens is 156 g/mol. The van der Waals surface area contributed by atoms with Crippen LogP contribution in [0.25, 0.3) is 0 Å². The lowest BCUT2D eigenvalue weighted by atomic mass is 10.3. The van der Waals surface area contributed by atoms with E-state index in [4.69, 9.17) is 10.8 Å². The first kappa shape index (κ1) is 7.70. The van der Waals surface area contributed by atoms with Crippen LogP contribution in [-0.2, 0) is 0 Å². The van der Waals surface area contributed by atoms with Crippen LogP contribution < -0.4 is 5.73 Å². The van der Waals surface area contributed by atoms with Gasteiger partial charge in [-0.2, -0.15) is 5.10 Å². The first-order valence-corrected chi connectivity index (χ1v) is 4.10. The van der Waals surface area contributed by atoms with Gasteiger partial charge in [0, 0.05) is 5.92 Å². The van der Waals surface area contributed by atoms with Crippen molar-refractivity contribution < 1.29 is 5.11 Å². The second-order valence-corrected chi connectivity index (χ2v) is 3.14. The van der Waals surface area contributed by atoms with Crippen molar-refractivity contribution >= 4 is 0 Å². The maximum absolute atomic E-state index is 8.73. The summed E-state index contributed by atoms with van der Waals surface area (Å²) in [7, 11) is 0. The van der Waals surface area contributed by atoms with Crippen molar-refractivity contribution in [2.45, 2.75) is 24.8 Å². The number of hydrogen-bond donors (Lipinski definition) is 3. The zero-order chi connectivity index (χ0) is 8.55. The predicted molar refractivity (Wildman–Crippen MR) is 42.4 cm³/mol. The predicted octanol–water partition coefficient (Wildman–Crippen LogP) is -0.326. The number of aliphatic hydroxyl groups is 1. The Morgan fingerprint density at radius 3 is 3.00 bits per heavy atom. The summed E-state index contributed by atoms with van der Waals surface area (Å²) in [4.78, 5) is 4.19. The van der Waals surface area contributed by atoms with E-state index in [0.717, 1.165) is 5.82 Å². The molecule has 1 heterocycles. The number of nitrogens with zero attached hydrogens (tertiary/aromatic N) is 2. The van der Waals surface area contributed by atoms with Gasteiger partial charge in [0.05, 0.1) is 12.6 Å². The molecule has 0 radical (unpaired) electrons. The van der Waals surface area contributed by atoms with Gasteiger partial charge in [-0.1, -0.05) is 0 Å². The highest BCUT2D eigenvalue weighted by atomic mass is 16.3. The van der Waals surface area contributed by atoms with Crippen molar-refractivity contribution in [3.05, 3.63) is 11.6 Å². The molecule has 0 amide bonds. The third-order valence-electron chi connectivity index (χ3n) is 2.01. The minimum absolute atomic E-state index is 0.109. The van der Waals surface area contributed by atoms with Gasteiger partial charge >= 0.3 is 0 Å². The van der Waals surface area contributed by atoms with E-state index >= 15 is 0 Å². The van der Waals surface area contributed by atoms with E-state index in [1.807, 2.05) is 0 Å². The summed E-state index contributed by atoms with van der Waals surface area (Å²) < 4.78 is 0. The van der Waals surface area contributed by atoms with Crippen molar-refractivity contribution in [2.24, 2.45) is 5.73 Å². The molecule has 1 aromatic rings. The first-order chi connectivity index (χ1) is 5.81. The largest absolute Gasteiger partial charge is 0.394 e. The van der Waals surface area contributed by atoms with Gasteiger partial charge in [0.25, 0.3) is 0 Å². The molecule has 5 heteroatoms. The molecule has 5 nitrogen and oxygen atoms in total. The quantitative estimate of drug-likeness (QED) is 0.577. The Balaban J connectivity index is 2.12. The summed E-state index contributed by atoms with van der Waals surface area (Å²) >= 11 is 0. The highest BCUT2D eigenvalue weighted by Crippen LogP contribution is 2.37. The number of rotatable bonds is 3. The molecule has 0 aliphatic heterocycles.